The number of hydrogen-bond donors (Lipinski definition) is 3. The monoisotopic (exact) mass is 409 g/mol. The summed E-state index contributed by atoms with van der Waals surface area (Å²) in [6, 6.07) is 8.58. The number of anilines is 2. The Morgan fingerprint density at radius 3 is 2.57 bits per heavy atom. The molecule has 1 aromatic carbocycles. The molecular formula is C18H17F2N3O4S. The van der Waals surface area contributed by atoms with Gasteiger partial charge in [0.25, 0.3) is 10.0 Å². The van der Waals surface area contributed by atoms with Crippen LogP contribution >= 0.6 is 0 Å². The summed E-state index contributed by atoms with van der Waals surface area (Å²) in [4.78, 5) is 3.91. The zero-order valence-electron chi connectivity index (χ0n) is 14.5. The van der Waals surface area contributed by atoms with E-state index in [0.717, 1.165) is 24.4 Å². The molecule has 0 aliphatic rings. The minimum absolute atomic E-state index is 0.0804. The highest BCUT2D eigenvalue weighted by molar-refractivity contribution is 7.92. The summed E-state index contributed by atoms with van der Waals surface area (Å²) in [6.45, 7) is -0.0804. The molecule has 28 heavy (non-hydrogen) atoms. The molecular weight excluding hydrogens is 392 g/mol. The van der Waals surface area contributed by atoms with Crippen molar-refractivity contribution in [2.75, 3.05) is 16.6 Å². The average molecular weight is 409 g/mol. The van der Waals surface area contributed by atoms with E-state index in [0.29, 0.717) is 18.0 Å². The van der Waals surface area contributed by atoms with Crippen LogP contribution in [0.2, 0.25) is 0 Å². The Balaban J connectivity index is 1.74. The molecule has 7 nitrogen and oxygen atoms in total. The van der Waals surface area contributed by atoms with Gasteiger partial charge in [0.2, 0.25) is 0 Å². The topological polar surface area (TPSA) is 104 Å². The van der Waals surface area contributed by atoms with Gasteiger partial charge in [0.05, 0.1) is 18.0 Å². The third-order valence-corrected chi connectivity index (χ3v) is 5.21. The Morgan fingerprint density at radius 1 is 1.14 bits per heavy atom. The van der Waals surface area contributed by atoms with Gasteiger partial charge in [-0.15, -0.1) is 0 Å². The number of halogens is 2. The van der Waals surface area contributed by atoms with Gasteiger partial charge in [-0.25, -0.2) is 22.2 Å². The van der Waals surface area contributed by atoms with E-state index in [1.165, 1.54) is 18.4 Å². The Kier molecular flexibility index (Phi) is 5.90. The van der Waals surface area contributed by atoms with E-state index >= 15 is 0 Å². The maximum Gasteiger partial charge on any atom is 0.263 e. The molecule has 0 fully saturated rings. The third kappa shape index (κ3) is 4.65. The quantitative estimate of drug-likeness (QED) is 0.527. The number of aliphatic hydroxyl groups is 1. The van der Waals surface area contributed by atoms with E-state index < -0.39 is 21.7 Å². The van der Waals surface area contributed by atoms with Crippen LogP contribution in [-0.2, 0) is 10.0 Å². The van der Waals surface area contributed by atoms with Gasteiger partial charge in [-0.2, -0.15) is 0 Å². The van der Waals surface area contributed by atoms with Crippen LogP contribution < -0.4 is 10.0 Å². The van der Waals surface area contributed by atoms with E-state index in [9.17, 15) is 22.3 Å². The van der Waals surface area contributed by atoms with Crippen LogP contribution in [0.25, 0.3) is 0 Å². The van der Waals surface area contributed by atoms with Gasteiger partial charge in [-0.3, -0.25) is 4.72 Å². The highest BCUT2D eigenvalue weighted by Gasteiger charge is 2.18. The lowest BCUT2D eigenvalue weighted by atomic mass is 10.1. The Hall–Kier alpha value is -2.98. The number of nitrogens with zero attached hydrogens (tertiary/aromatic N) is 1. The van der Waals surface area contributed by atoms with Crippen LogP contribution in [0, 0.1) is 11.6 Å². The summed E-state index contributed by atoms with van der Waals surface area (Å²) >= 11 is 0. The Labute approximate surface area is 160 Å². The lowest BCUT2D eigenvalue weighted by Gasteiger charge is -2.16. The fourth-order valence-corrected chi connectivity index (χ4v) is 3.47. The molecule has 3 rings (SSSR count). The number of sulfonamides is 1. The van der Waals surface area contributed by atoms with E-state index in [-0.39, 0.29) is 23.2 Å². The van der Waals surface area contributed by atoms with Crippen molar-refractivity contribution >= 4 is 21.5 Å². The molecule has 0 bridgehead atoms. The van der Waals surface area contributed by atoms with Crippen LogP contribution in [0.15, 0.2) is 64.2 Å². The zero-order chi connectivity index (χ0) is 20.1. The van der Waals surface area contributed by atoms with Gasteiger partial charge in [-0.05, 0) is 42.8 Å². The SMILES string of the molecule is O=S(=O)(Nc1ccc(F)c(F)c1)c1ccc(NC(CCO)c2ccco2)nc1. The second-order valence-corrected chi connectivity index (χ2v) is 7.52. The fraction of sp³-hybridized carbons (Fsp3) is 0.167. The van der Waals surface area contributed by atoms with E-state index in [1.54, 1.807) is 12.1 Å². The summed E-state index contributed by atoms with van der Waals surface area (Å²) in [5, 5.41) is 12.3. The first-order chi connectivity index (χ1) is 13.4. The predicted molar refractivity (Wildman–Crippen MR) is 98.2 cm³/mol. The van der Waals surface area contributed by atoms with Crippen LogP contribution in [0.4, 0.5) is 20.3 Å². The molecule has 1 unspecified atom stereocenters. The molecule has 0 amide bonds. The van der Waals surface area contributed by atoms with Crippen molar-refractivity contribution in [2.24, 2.45) is 0 Å². The number of rotatable bonds is 8. The number of nitrogens with one attached hydrogen (secondary N) is 2. The number of aromatic nitrogens is 1. The van der Waals surface area contributed by atoms with Crippen molar-refractivity contribution in [3.8, 4) is 0 Å². The lowest BCUT2D eigenvalue weighted by molar-refractivity contribution is 0.273. The second kappa shape index (κ2) is 8.36. The molecule has 0 aliphatic heterocycles. The van der Waals surface area contributed by atoms with Crippen LogP contribution in [0.5, 0.6) is 0 Å². The first-order valence-electron chi connectivity index (χ1n) is 8.24. The molecule has 0 aliphatic carbocycles. The first-order valence-corrected chi connectivity index (χ1v) is 9.72. The van der Waals surface area contributed by atoms with Crippen LogP contribution in [-0.4, -0.2) is 25.1 Å². The highest BCUT2D eigenvalue weighted by Crippen LogP contribution is 2.23. The van der Waals surface area contributed by atoms with Crippen molar-refractivity contribution in [1.82, 2.24) is 4.98 Å². The predicted octanol–water partition coefficient (Wildman–Crippen LogP) is 3.29. The van der Waals surface area contributed by atoms with Gasteiger partial charge in [0.15, 0.2) is 11.6 Å². The summed E-state index contributed by atoms with van der Waals surface area (Å²) in [5.74, 6) is -1.26. The highest BCUT2D eigenvalue weighted by atomic mass is 32.2. The van der Waals surface area contributed by atoms with Gasteiger partial charge in [0, 0.05) is 18.9 Å². The number of pyridine rings is 1. The van der Waals surface area contributed by atoms with Crippen molar-refractivity contribution < 1.29 is 26.7 Å². The molecule has 0 spiro atoms. The normalized spacial score (nSPS) is 12.5. The average Bonchev–Trinajstić information content (AvgIpc) is 3.19. The molecule has 148 valence electrons. The van der Waals surface area contributed by atoms with Gasteiger partial charge in [0.1, 0.15) is 16.5 Å². The number of hydrogen-bond acceptors (Lipinski definition) is 6. The Bertz CT molecular complexity index is 1030. The standard InChI is InChI=1S/C18H17F2N3O4S/c19-14-5-3-12(10-15(14)20)23-28(25,26)13-4-6-18(21-11-13)22-16(7-8-24)17-2-1-9-27-17/h1-6,9-11,16,23-24H,7-8H2,(H,21,22). The molecule has 0 saturated heterocycles. The number of benzene rings is 1. The minimum Gasteiger partial charge on any atom is -0.467 e. The van der Waals surface area contributed by atoms with Crippen LogP contribution in [0.1, 0.15) is 18.2 Å². The molecule has 3 aromatic rings. The van der Waals surface area contributed by atoms with Gasteiger partial charge >= 0.3 is 0 Å². The molecule has 2 aromatic heterocycles. The van der Waals surface area contributed by atoms with Crippen molar-refractivity contribution in [1.29, 1.82) is 0 Å². The smallest absolute Gasteiger partial charge is 0.263 e. The maximum atomic E-state index is 13.3. The molecule has 0 radical (unpaired) electrons. The van der Waals surface area contributed by atoms with E-state index in [1.807, 2.05) is 0 Å². The molecule has 10 heteroatoms. The number of furan rings is 1. The lowest BCUT2D eigenvalue weighted by Crippen LogP contribution is -2.15. The van der Waals surface area contributed by atoms with Crippen molar-refractivity contribution in [2.45, 2.75) is 17.4 Å². The summed E-state index contributed by atoms with van der Waals surface area (Å²) in [6.07, 6.45) is 3.00. The Morgan fingerprint density at radius 2 is 1.96 bits per heavy atom. The molecule has 2 heterocycles. The largest absolute Gasteiger partial charge is 0.467 e. The third-order valence-electron chi connectivity index (χ3n) is 3.84. The number of aliphatic hydroxyl groups excluding tert-OH is 1. The summed E-state index contributed by atoms with van der Waals surface area (Å²) in [7, 11) is -4.03. The van der Waals surface area contributed by atoms with E-state index in [4.69, 9.17) is 4.42 Å². The summed E-state index contributed by atoms with van der Waals surface area (Å²) < 4.78 is 58.5. The van der Waals surface area contributed by atoms with Gasteiger partial charge < -0.3 is 14.8 Å². The molecule has 1 atom stereocenters. The first kappa shape index (κ1) is 19.8. The maximum absolute atomic E-state index is 13.3. The molecule has 3 N–H and O–H groups in total. The minimum atomic E-state index is -4.03. The summed E-state index contributed by atoms with van der Waals surface area (Å²) in [5.41, 5.74) is -0.109. The second-order valence-electron chi connectivity index (χ2n) is 5.84. The zero-order valence-corrected chi connectivity index (χ0v) is 15.3. The van der Waals surface area contributed by atoms with Crippen molar-refractivity contribution in [3.63, 3.8) is 0 Å². The van der Waals surface area contributed by atoms with E-state index in [2.05, 4.69) is 15.0 Å². The molecule has 0 saturated carbocycles. The van der Waals surface area contributed by atoms with Crippen molar-refractivity contribution in [3.05, 3.63) is 72.3 Å². The van der Waals surface area contributed by atoms with Crippen LogP contribution in [0.3, 0.4) is 0 Å². The van der Waals surface area contributed by atoms with Gasteiger partial charge in [-0.1, -0.05) is 0 Å². The fourth-order valence-electron chi connectivity index (χ4n) is 2.48.